The molecule has 2 heterocycles. The largest absolute Gasteiger partial charge is 0.365 e. The molecule has 0 unspecified atom stereocenters. The first-order valence-corrected chi connectivity index (χ1v) is 9.15. The Labute approximate surface area is 140 Å². The van der Waals surface area contributed by atoms with E-state index in [1.807, 2.05) is 11.2 Å². The van der Waals surface area contributed by atoms with Crippen molar-refractivity contribution >= 4 is 6.41 Å². The maximum absolute atomic E-state index is 9.92. The summed E-state index contributed by atoms with van der Waals surface area (Å²) in [5.74, 6) is 0.768. The molecule has 0 bridgehead atoms. The van der Waals surface area contributed by atoms with Gasteiger partial charge in [0.05, 0.1) is 0 Å². The number of hydrogen-bond donors (Lipinski definition) is 2. The van der Waals surface area contributed by atoms with Crippen LogP contribution in [0.15, 0.2) is 36.2 Å². The van der Waals surface area contributed by atoms with Crippen LogP contribution in [0.1, 0.15) is 57.8 Å². The Bertz CT molecular complexity index is 414. The van der Waals surface area contributed by atoms with Crippen molar-refractivity contribution < 1.29 is 4.79 Å². The molecule has 0 spiro atoms. The van der Waals surface area contributed by atoms with Crippen molar-refractivity contribution in [3.8, 4) is 0 Å². The SMILES string of the molecule is C1=CC=C(C2CCCCCC2)NC=C1.O=CNN1CCCCC1. The van der Waals surface area contributed by atoms with Crippen molar-refractivity contribution in [2.24, 2.45) is 5.92 Å². The van der Waals surface area contributed by atoms with Gasteiger partial charge in [-0.15, -0.1) is 0 Å². The lowest BCUT2D eigenvalue weighted by atomic mass is 9.96. The zero-order chi connectivity index (χ0) is 16.2. The first-order chi connectivity index (χ1) is 11.4. The van der Waals surface area contributed by atoms with Gasteiger partial charge in [-0.2, -0.15) is 0 Å². The fourth-order valence-corrected chi connectivity index (χ4v) is 3.41. The van der Waals surface area contributed by atoms with Gasteiger partial charge in [0.2, 0.25) is 6.41 Å². The highest BCUT2D eigenvalue weighted by Crippen LogP contribution is 2.27. The van der Waals surface area contributed by atoms with E-state index >= 15 is 0 Å². The van der Waals surface area contributed by atoms with Gasteiger partial charge in [-0.1, -0.05) is 44.3 Å². The molecule has 1 aliphatic carbocycles. The smallest absolute Gasteiger partial charge is 0.221 e. The number of carbonyl (C=O) groups is 1. The van der Waals surface area contributed by atoms with Gasteiger partial charge in [0.25, 0.3) is 0 Å². The number of nitrogens with zero attached hydrogens (tertiary/aromatic N) is 1. The van der Waals surface area contributed by atoms with Crippen LogP contribution in [-0.2, 0) is 4.79 Å². The van der Waals surface area contributed by atoms with Crippen molar-refractivity contribution in [3.05, 3.63) is 36.2 Å². The molecule has 0 aromatic carbocycles. The minimum Gasteiger partial charge on any atom is -0.365 e. The Morgan fingerprint density at radius 1 is 0.957 bits per heavy atom. The summed E-state index contributed by atoms with van der Waals surface area (Å²) in [7, 11) is 0. The van der Waals surface area contributed by atoms with Crippen molar-refractivity contribution in [2.75, 3.05) is 13.1 Å². The van der Waals surface area contributed by atoms with Gasteiger partial charge in [0.1, 0.15) is 0 Å². The number of hydrazine groups is 1. The number of nitrogens with one attached hydrogen (secondary N) is 2. The summed E-state index contributed by atoms with van der Waals surface area (Å²) >= 11 is 0. The molecule has 4 nitrogen and oxygen atoms in total. The monoisotopic (exact) mass is 317 g/mol. The van der Waals surface area contributed by atoms with Crippen LogP contribution in [-0.4, -0.2) is 24.5 Å². The third-order valence-corrected chi connectivity index (χ3v) is 4.73. The molecule has 0 radical (unpaired) electrons. The van der Waals surface area contributed by atoms with E-state index in [9.17, 15) is 4.79 Å². The average Bonchev–Trinajstić information content (AvgIpc) is 3.02. The molecular formula is C19H31N3O. The van der Waals surface area contributed by atoms with E-state index < -0.39 is 0 Å². The third kappa shape index (κ3) is 7.04. The Morgan fingerprint density at radius 2 is 1.65 bits per heavy atom. The second kappa shape index (κ2) is 11.1. The van der Waals surface area contributed by atoms with Crippen LogP contribution in [0.5, 0.6) is 0 Å². The van der Waals surface area contributed by atoms with Gasteiger partial charge >= 0.3 is 0 Å². The van der Waals surface area contributed by atoms with Gasteiger partial charge in [0, 0.05) is 25.0 Å². The van der Waals surface area contributed by atoms with E-state index in [0.717, 1.165) is 25.4 Å². The summed E-state index contributed by atoms with van der Waals surface area (Å²) in [4.78, 5) is 9.92. The molecule has 128 valence electrons. The lowest BCUT2D eigenvalue weighted by Crippen LogP contribution is -2.40. The number of hydrogen-bond acceptors (Lipinski definition) is 3. The van der Waals surface area contributed by atoms with Gasteiger partial charge < -0.3 is 5.32 Å². The lowest BCUT2D eigenvalue weighted by Gasteiger charge is -2.24. The van der Waals surface area contributed by atoms with Crippen molar-refractivity contribution in [2.45, 2.75) is 57.8 Å². The van der Waals surface area contributed by atoms with Crippen LogP contribution in [0.4, 0.5) is 0 Å². The van der Waals surface area contributed by atoms with Crippen LogP contribution in [0, 0.1) is 5.92 Å². The van der Waals surface area contributed by atoms with Crippen LogP contribution < -0.4 is 10.7 Å². The van der Waals surface area contributed by atoms with Crippen LogP contribution in [0.25, 0.3) is 0 Å². The van der Waals surface area contributed by atoms with Gasteiger partial charge in [0.15, 0.2) is 0 Å². The second-order valence-electron chi connectivity index (χ2n) is 6.49. The normalized spacial score (nSPS) is 22.7. The summed E-state index contributed by atoms with van der Waals surface area (Å²) in [5.41, 5.74) is 4.05. The van der Waals surface area contributed by atoms with Crippen molar-refractivity contribution in [1.82, 2.24) is 15.8 Å². The zero-order valence-electron chi connectivity index (χ0n) is 14.2. The molecule has 3 aliphatic rings. The van der Waals surface area contributed by atoms with Crippen molar-refractivity contribution in [3.63, 3.8) is 0 Å². The molecule has 23 heavy (non-hydrogen) atoms. The first-order valence-electron chi connectivity index (χ1n) is 9.15. The maximum atomic E-state index is 9.92. The molecular weight excluding hydrogens is 286 g/mol. The van der Waals surface area contributed by atoms with Crippen LogP contribution in [0.2, 0.25) is 0 Å². The quantitative estimate of drug-likeness (QED) is 0.617. The first kappa shape index (κ1) is 17.8. The van der Waals surface area contributed by atoms with Gasteiger partial charge in [-0.05, 0) is 43.8 Å². The molecule has 4 heteroatoms. The highest BCUT2D eigenvalue weighted by molar-refractivity contribution is 5.44. The highest BCUT2D eigenvalue weighted by Gasteiger charge is 2.15. The van der Waals surface area contributed by atoms with Gasteiger partial charge in [-0.3, -0.25) is 10.2 Å². The molecule has 3 rings (SSSR count). The number of rotatable bonds is 3. The number of piperidine rings is 1. The van der Waals surface area contributed by atoms with Crippen LogP contribution >= 0.6 is 0 Å². The maximum Gasteiger partial charge on any atom is 0.221 e. The zero-order valence-corrected chi connectivity index (χ0v) is 14.2. The van der Waals surface area contributed by atoms with E-state index in [-0.39, 0.29) is 0 Å². The molecule has 0 aromatic rings. The highest BCUT2D eigenvalue weighted by atomic mass is 16.1. The van der Waals surface area contributed by atoms with E-state index in [4.69, 9.17) is 0 Å². The summed E-state index contributed by atoms with van der Waals surface area (Å²) in [6, 6.07) is 0. The lowest BCUT2D eigenvalue weighted by molar-refractivity contribution is -0.114. The molecule has 1 saturated heterocycles. The Kier molecular flexibility index (Phi) is 8.56. The Balaban J connectivity index is 0.000000185. The molecule has 1 amide bonds. The summed E-state index contributed by atoms with van der Waals surface area (Å²) in [5, 5.41) is 5.35. The van der Waals surface area contributed by atoms with E-state index in [0.29, 0.717) is 0 Å². The molecule has 2 aliphatic heterocycles. The Morgan fingerprint density at radius 3 is 2.35 bits per heavy atom. The molecule has 0 aromatic heterocycles. The van der Waals surface area contributed by atoms with Gasteiger partial charge in [-0.25, -0.2) is 5.01 Å². The van der Waals surface area contributed by atoms with Crippen LogP contribution in [0.3, 0.4) is 0 Å². The second-order valence-corrected chi connectivity index (χ2v) is 6.49. The van der Waals surface area contributed by atoms with Crippen molar-refractivity contribution in [1.29, 1.82) is 0 Å². The number of amides is 1. The fourth-order valence-electron chi connectivity index (χ4n) is 3.41. The molecule has 2 N–H and O–H groups in total. The summed E-state index contributed by atoms with van der Waals surface area (Å²) in [6.45, 7) is 2.03. The Hall–Kier alpha value is -1.55. The number of allylic oxidation sites excluding steroid dienone is 5. The minimum atomic E-state index is 0.741. The summed E-state index contributed by atoms with van der Waals surface area (Å²) < 4.78 is 0. The topological polar surface area (TPSA) is 44.4 Å². The number of carbonyl (C=O) groups excluding carboxylic acids is 1. The third-order valence-electron chi connectivity index (χ3n) is 4.73. The van der Waals surface area contributed by atoms with E-state index in [1.54, 1.807) is 0 Å². The standard InChI is InChI=1S/C13H19N.C6H12N2O/c1-2-5-9-12(8-4-1)13-10-6-3-7-11-14-13;9-6-7-8-4-2-1-3-5-8/h3,6-7,10-12,14H,1-2,4-5,8-9H2;6H,1-5H2,(H,7,9). The fraction of sp³-hybridized carbons (Fsp3) is 0.632. The summed E-state index contributed by atoms with van der Waals surface area (Å²) in [6.07, 6.45) is 23.4. The molecule has 0 atom stereocenters. The average molecular weight is 317 g/mol. The minimum absolute atomic E-state index is 0.741. The predicted octanol–water partition coefficient (Wildman–Crippen LogP) is 3.65. The van der Waals surface area contributed by atoms with E-state index in [1.165, 1.54) is 63.5 Å². The van der Waals surface area contributed by atoms with E-state index in [2.05, 4.69) is 35.0 Å². The molecule has 1 saturated carbocycles. The predicted molar refractivity (Wildman–Crippen MR) is 95.3 cm³/mol. The molecule has 2 fully saturated rings.